The summed E-state index contributed by atoms with van der Waals surface area (Å²) in [5, 5.41) is 12.4. The summed E-state index contributed by atoms with van der Waals surface area (Å²) in [5.41, 5.74) is 1.96. The molecule has 2 heterocycles. The number of aromatic nitrogens is 1. The van der Waals surface area contributed by atoms with Crippen molar-refractivity contribution in [3.8, 4) is 5.75 Å². The van der Waals surface area contributed by atoms with Gasteiger partial charge in [0.1, 0.15) is 0 Å². The topological polar surface area (TPSA) is 91.4 Å². The largest absolute Gasteiger partial charge is 0.488 e. The number of hydrogen-bond acceptors (Lipinski definition) is 4. The van der Waals surface area contributed by atoms with Crippen molar-refractivity contribution in [3.05, 3.63) is 69.1 Å². The second-order valence-electron chi connectivity index (χ2n) is 6.29. The Hall–Kier alpha value is -2.57. The number of hydrogen-bond donors (Lipinski definition) is 3. The van der Waals surface area contributed by atoms with Crippen molar-refractivity contribution in [2.45, 2.75) is 25.3 Å². The second kappa shape index (κ2) is 8.88. The number of H-pyrrole nitrogens is 1. The van der Waals surface area contributed by atoms with E-state index in [2.05, 4.69) is 10.3 Å². The SMILES string of the molecule is O=C1CC[C@H](C=C(c2ccc(Cl)cc2)c2ccc(OCCCO)c(=O)[nH]2)N1. The Balaban J connectivity index is 1.94. The average molecular weight is 389 g/mol. The third kappa shape index (κ3) is 4.99. The molecule has 3 N–H and O–H groups in total. The maximum Gasteiger partial charge on any atom is 0.290 e. The van der Waals surface area contributed by atoms with Crippen LogP contribution >= 0.6 is 11.6 Å². The first-order chi connectivity index (χ1) is 13.1. The Morgan fingerprint density at radius 2 is 2.00 bits per heavy atom. The highest BCUT2D eigenvalue weighted by Gasteiger charge is 2.20. The molecule has 1 atom stereocenters. The van der Waals surface area contributed by atoms with Crippen LogP contribution in [0, 0.1) is 0 Å². The van der Waals surface area contributed by atoms with Crippen LogP contribution in [-0.4, -0.2) is 35.3 Å². The average Bonchev–Trinajstić information content (AvgIpc) is 3.07. The summed E-state index contributed by atoms with van der Waals surface area (Å²) in [4.78, 5) is 26.7. The van der Waals surface area contributed by atoms with Crippen LogP contribution in [0.5, 0.6) is 5.75 Å². The number of nitrogens with one attached hydrogen (secondary N) is 2. The number of pyridine rings is 1. The molecular weight excluding hydrogens is 368 g/mol. The van der Waals surface area contributed by atoms with Crippen molar-refractivity contribution in [1.82, 2.24) is 10.3 Å². The molecule has 1 aliphatic rings. The molecule has 3 rings (SSSR count). The van der Waals surface area contributed by atoms with Crippen molar-refractivity contribution >= 4 is 23.1 Å². The van der Waals surface area contributed by atoms with Gasteiger partial charge in [0.25, 0.3) is 5.56 Å². The van der Waals surface area contributed by atoms with Crippen molar-refractivity contribution in [1.29, 1.82) is 0 Å². The number of ether oxygens (including phenoxy) is 1. The normalized spacial score (nSPS) is 17.0. The number of halogens is 1. The van der Waals surface area contributed by atoms with E-state index < -0.39 is 0 Å². The van der Waals surface area contributed by atoms with Crippen molar-refractivity contribution in [2.75, 3.05) is 13.2 Å². The van der Waals surface area contributed by atoms with Gasteiger partial charge in [-0.3, -0.25) is 9.59 Å². The maximum atomic E-state index is 12.4. The van der Waals surface area contributed by atoms with Gasteiger partial charge >= 0.3 is 0 Å². The van der Waals surface area contributed by atoms with Crippen LogP contribution in [0.4, 0.5) is 0 Å². The molecule has 1 fully saturated rings. The molecule has 142 valence electrons. The minimum absolute atomic E-state index is 0.00650. The van der Waals surface area contributed by atoms with Crippen molar-refractivity contribution in [3.63, 3.8) is 0 Å². The van der Waals surface area contributed by atoms with E-state index in [4.69, 9.17) is 21.4 Å². The van der Waals surface area contributed by atoms with Gasteiger partial charge in [0.05, 0.1) is 6.61 Å². The number of amides is 1. The minimum atomic E-state index is -0.347. The molecule has 0 saturated carbocycles. The summed E-state index contributed by atoms with van der Waals surface area (Å²) in [7, 11) is 0. The molecule has 27 heavy (non-hydrogen) atoms. The molecule has 0 unspecified atom stereocenters. The first-order valence-corrected chi connectivity index (χ1v) is 9.19. The summed E-state index contributed by atoms with van der Waals surface area (Å²) in [6.45, 7) is 0.277. The fourth-order valence-electron chi connectivity index (χ4n) is 2.91. The number of aliphatic hydroxyl groups is 1. The van der Waals surface area contributed by atoms with Gasteiger partial charge < -0.3 is 20.1 Å². The highest BCUT2D eigenvalue weighted by molar-refractivity contribution is 6.30. The van der Waals surface area contributed by atoms with Gasteiger partial charge in [-0.1, -0.05) is 29.8 Å². The number of aromatic amines is 1. The van der Waals surface area contributed by atoms with Crippen LogP contribution < -0.4 is 15.6 Å². The predicted molar refractivity (Wildman–Crippen MR) is 104 cm³/mol. The van der Waals surface area contributed by atoms with Crippen LogP contribution in [0.2, 0.25) is 5.02 Å². The van der Waals surface area contributed by atoms with E-state index in [0.717, 1.165) is 11.1 Å². The lowest BCUT2D eigenvalue weighted by atomic mass is 9.99. The highest BCUT2D eigenvalue weighted by Crippen LogP contribution is 2.25. The predicted octanol–water partition coefficient (Wildman–Crippen LogP) is 2.50. The first kappa shape index (κ1) is 19.2. The van der Waals surface area contributed by atoms with Crippen molar-refractivity contribution < 1.29 is 14.6 Å². The molecule has 1 aromatic carbocycles. The van der Waals surface area contributed by atoms with Gasteiger partial charge in [-0.15, -0.1) is 0 Å². The molecule has 1 saturated heterocycles. The van der Waals surface area contributed by atoms with Crippen LogP contribution in [-0.2, 0) is 4.79 Å². The second-order valence-corrected chi connectivity index (χ2v) is 6.73. The van der Waals surface area contributed by atoms with Crippen LogP contribution in [0.15, 0.2) is 47.3 Å². The van der Waals surface area contributed by atoms with Crippen LogP contribution in [0.25, 0.3) is 5.57 Å². The molecule has 6 nitrogen and oxygen atoms in total. The molecular formula is C20H21ClN2O4. The Morgan fingerprint density at radius 1 is 1.22 bits per heavy atom. The molecule has 1 aromatic heterocycles. The Morgan fingerprint density at radius 3 is 2.63 bits per heavy atom. The van der Waals surface area contributed by atoms with Gasteiger partial charge in [0, 0.05) is 41.8 Å². The van der Waals surface area contributed by atoms with Crippen molar-refractivity contribution in [2.24, 2.45) is 0 Å². The quantitative estimate of drug-likeness (QED) is 0.635. The Bertz CT molecular complexity index is 890. The molecule has 0 aliphatic carbocycles. The zero-order valence-corrected chi connectivity index (χ0v) is 15.5. The van der Waals surface area contributed by atoms with Crippen LogP contribution in [0.3, 0.4) is 0 Å². The number of rotatable bonds is 7. The van der Waals surface area contributed by atoms with E-state index >= 15 is 0 Å². The molecule has 7 heteroatoms. The zero-order chi connectivity index (χ0) is 19.2. The molecule has 2 aromatic rings. The van der Waals surface area contributed by atoms with E-state index in [1.807, 2.05) is 18.2 Å². The number of aliphatic hydroxyl groups excluding tert-OH is 1. The molecule has 1 aliphatic heterocycles. The fourth-order valence-corrected chi connectivity index (χ4v) is 3.04. The van der Waals surface area contributed by atoms with Gasteiger partial charge in [-0.05, 0) is 36.2 Å². The first-order valence-electron chi connectivity index (χ1n) is 8.81. The lowest BCUT2D eigenvalue weighted by molar-refractivity contribution is -0.119. The molecule has 0 spiro atoms. The maximum absolute atomic E-state index is 12.4. The summed E-state index contributed by atoms with van der Waals surface area (Å²) in [6.07, 6.45) is 3.61. The molecule has 0 radical (unpaired) electrons. The van der Waals surface area contributed by atoms with Crippen LogP contribution in [0.1, 0.15) is 30.5 Å². The summed E-state index contributed by atoms with van der Waals surface area (Å²) >= 11 is 5.99. The number of carbonyl (C=O) groups is 1. The van der Waals surface area contributed by atoms with E-state index in [1.54, 1.807) is 24.3 Å². The summed E-state index contributed by atoms with van der Waals surface area (Å²) in [5.74, 6) is 0.227. The lowest BCUT2D eigenvalue weighted by Gasteiger charge is -2.13. The summed E-state index contributed by atoms with van der Waals surface area (Å²) in [6, 6.07) is 10.6. The van der Waals surface area contributed by atoms with E-state index in [1.165, 1.54) is 0 Å². The number of benzene rings is 1. The van der Waals surface area contributed by atoms with Gasteiger partial charge in [0.2, 0.25) is 5.91 Å². The Labute approximate surface area is 161 Å². The van der Waals surface area contributed by atoms with E-state index in [-0.39, 0.29) is 36.5 Å². The standard InChI is InChI=1S/C20H21ClN2O4/c21-14-4-2-13(3-5-14)16(12-15-6-9-19(25)22-15)17-7-8-18(20(26)23-17)27-11-1-10-24/h2-5,7-8,12,15,24H,1,6,9-11H2,(H,22,25)(H,23,26)/t15-/m1/s1. The summed E-state index contributed by atoms with van der Waals surface area (Å²) < 4.78 is 5.38. The van der Waals surface area contributed by atoms with E-state index in [9.17, 15) is 9.59 Å². The molecule has 1 amide bonds. The minimum Gasteiger partial charge on any atom is -0.488 e. The monoisotopic (exact) mass is 388 g/mol. The number of carbonyl (C=O) groups excluding carboxylic acids is 1. The lowest BCUT2D eigenvalue weighted by Crippen LogP contribution is -2.23. The highest BCUT2D eigenvalue weighted by atomic mass is 35.5. The Kier molecular flexibility index (Phi) is 6.32. The third-order valence-electron chi connectivity index (χ3n) is 4.28. The van der Waals surface area contributed by atoms with Gasteiger partial charge in [-0.2, -0.15) is 0 Å². The smallest absolute Gasteiger partial charge is 0.290 e. The fraction of sp³-hybridized carbons (Fsp3) is 0.300. The van der Waals surface area contributed by atoms with Gasteiger partial charge in [0.15, 0.2) is 5.75 Å². The van der Waals surface area contributed by atoms with E-state index in [0.29, 0.717) is 30.0 Å². The van der Waals surface area contributed by atoms with Gasteiger partial charge in [-0.25, -0.2) is 0 Å². The zero-order valence-electron chi connectivity index (χ0n) is 14.7. The molecule has 0 bridgehead atoms. The third-order valence-corrected chi connectivity index (χ3v) is 4.53.